The summed E-state index contributed by atoms with van der Waals surface area (Å²) >= 11 is 0. The maximum absolute atomic E-state index is 6.39. The first-order valence-electron chi connectivity index (χ1n) is 11.9. The average Bonchev–Trinajstić information content (AvgIpc) is 3.25. The number of methoxy groups -OCH3 is 2. The molecular formula is C27H35BN2O5. The molecule has 7 nitrogen and oxygen atoms in total. The molecule has 0 radical (unpaired) electrons. The van der Waals surface area contributed by atoms with Crippen molar-refractivity contribution >= 4 is 12.6 Å². The lowest BCUT2D eigenvalue weighted by atomic mass is 9.77. The molecule has 3 aromatic rings. The van der Waals surface area contributed by atoms with Gasteiger partial charge in [-0.15, -0.1) is 0 Å². The molecule has 4 rings (SSSR count). The van der Waals surface area contributed by atoms with E-state index in [1.165, 1.54) is 0 Å². The van der Waals surface area contributed by atoms with Crippen LogP contribution < -0.4 is 14.9 Å². The zero-order valence-corrected chi connectivity index (χ0v) is 21.8. The highest BCUT2D eigenvalue weighted by molar-refractivity contribution is 6.63. The Morgan fingerprint density at radius 1 is 0.800 bits per heavy atom. The molecule has 2 heterocycles. The summed E-state index contributed by atoms with van der Waals surface area (Å²) in [5.74, 6) is 1.65. The minimum absolute atomic E-state index is 0.349. The fourth-order valence-corrected chi connectivity index (χ4v) is 4.04. The molecule has 35 heavy (non-hydrogen) atoms. The molecule has 0 amide bonds. The molecule has 1 aromatic heterocycles. The van der Waals surface area contributed by atoms with Gasteiger partial charge in [-0.05, 0) is 70.0 Å². The normalized spacial score (nSPS) is 16.5. The third kappa shape index (κ3) is 5.40. The van der Waals surface area contributed by atoms with Gasteiger partial charge in [-0.3, -0.25) is 4.68 Å². The molecule has 0 spiro atoms. The van der Waals surface area contributed by atoms with E-state index in [-0.39, 0.29) is 0 Å². The van der Waals surface area contributed by atoms with Gasteiger partial charge in [-0.25, -0.2) is 0 Å². The summed E-state index contributed by atoms with van der Waals surface area (Å²) in [6, 6.07) is 15.9. The second kappa shape index (κ2) is 10.1. The van der Waals surface area contributed by atoms with E-state index >= 15 is 0 Å². The molecule has 1 aliphatic heterocycles. The fourth-order valence-electron chi connectivity index (χ4n) is 4.04. The van der Waals surface area contributed by atoms with Crippen molar-refractivity contribution in [2.24, 2.45) is 0 Å². The lowest BCUT2D eigenvalue weighted by Gasteiger charge is -2.32. The highest BCUT2D eigenvalue weighted by atomic mass is 16.7. The lowest BCUT2D eigenvalue weighted by molar-refractivity contribution is 0.00578. The number of nitrogens with zero attached hydrogens (tertiary/aromatic N) is 2. The first kappa shape index (κ1) is 25.3. The molecule has 8 heteroatoms. The molecule has 0 saturated carbocycles. The molecule has 186 valence electrons. The number of rotatable bonds is 9. The van der Waals surface area contributed by atoms with Gasteiger partial charge < -0.3 is 23.5 Å². The Balaban J connectivity index is 1.58. The minimum atomic E-state index is -0.510. The predicted molar refractivity (Wildman–Crippen MR) is 136 cm³/mol. The fraction of sp³-hybridized carbons (Fsp3) is 0.444. The van der Waals surface area contributed by atoms with E-state index in [1.807, 2.05) is 53.2 Å². The van der Waals surface area contributed by atoms with Crippen LogP contribution >= 0.6 is 0 Å². The first-order chi connectivity index (χ1) is 16.6. The number of ether oxygens (including phenoxy) is 3. The van der Waals surface area contributed by atoms with Crippen LogP contribution in [0.2, 0.25) is 0 Å². The number of hydrogen-bond acceptors (Lipinski definition) is 6. The third-order valence-electron chi connectivity index (χ3n) is 6.98. The maximum atomic E-state index is 6.39. The van der Waals surface area contributed by atoms with Crippen LogP contribution in [0.5, 0.6) is 11.5 Å². The Labute approximate surface area is 208 Å². The Morgan fingerprint density at radius 3 is 1.83 bits per heavy atom. The Kier molecular flexibility index (Phi) is 7.26. The summed E-state index contributed by atoms with van der Waals surface area (Å²) in [5.41, 5.74) is 4.07. The smallest absolute Gasteiger partial charge is 0.497 e. The van der Waals surface area contributed by atoms with Gasteiger partial charge >= 0.3 is 7.12 Å². The second-order valence-electron chi connectivity index (χ2n) is 9.88. The van der Waals surface area contributed by atoms with Gasteiger partial charge in [0.2, 0.25) is 0 Å². The van der Waals surface area contributed by atoms with Gasteiger partial charge in [-0.1, -0.05) is 24.3 Å². The van der Waals surface area contributed by atoms with E-state index in [9.17, 15) is 0 Å². The van der Waals surface area contributed by atoms with Crippen LogP contribution in [-0.2, 0) is 33.8 Å². The van der Waals surface area contributed by atoms with E-state index in [0.29, 0.717) is 19.8 Å². The van der Waals surface area contributed by atoms with Gasteiger partial charge in [0.05, 0.1) is 50.9 Å². The summed E-state index contributed by atoms with van der Waals surface area (Å²) in [5, 5.41) is 4.93. The van der Waals surface area contributed by atoms with Crippen molar-refractivity contribution in [1.29, 1.82) is 0 Å². The van der Waals surface area contributed by atoms with Gasteiger partial charge in [-0.2, -0.15) is 5.10 Å². The Hall–Kier alpha value is -2.81. The summed E-state index contributed by atoms with van der Waals surface area (Å²) in [6.45, 7) is 11.7. The van der Waals surface area contributed by atoms with Crippen LogP contribution in [0.3, 0.4) is 0 Å². The number of aromatic nitrogens is 2. The van der Waals surface area contributed by atoms with Crippen molar-refractivity contribution in [1.82, 2.24) is 9.78 Å². The molecule has 0 aliphatic carbocycles. The molecular weight excluding hydrogens is 443 g/mol. The van der Waals surface area contributed by atoms with E-state index in [2.05, 4.69) is 34.6 Å². The Morgan fingerprint density at radius 2 is 1.31 bits per heavy atom. The lowest BCUT2D eigenvalue weighted by Crippen LogP contribution is -2.41. The van der Waals surface area contributed by atoms with E-state index in [4.69, 9.17) is 28.6 Å². The molecule has 1 fully saturated rings. The highest BCUT2D eigenvalue weighted by Crippen LogP contribution is 2.37. The summed E-state index contributed by atoms with van der Waals surface area (Å²) < 4.78 is 31.4. The standard InChI is InChI=1S/C27H35BN2O5/c1-19-25(28-34-26(2,3)27(4,5)35-28)24(18-33-17-21-10-14-23(32-7)15-11-21)29-30(19)16-20-8-12-22(31-6)13-9-20/h8-15H,16-18H2,1-7H3. The molecule has 2 aromatic carbocycles. The van der Waals surface area contributed by atoms with Gasteiger partial charge in [0, 0.05) is 11.2 Å². The highest BCUT2D eigenvalue weighted by Gasteiger charge is 2.53. The van der Waals surface area contributed by atoms with Crippen molar-refractivity contribution in [3.63, 3.8) is 0 Å². The SMILES string of the molecule is COc1ccc(COCc2nn(Cc3ccc(OC)cc3)c(C)c2B2OC(C)(C)C(C)(C)O2)cc1. The minimum Gasteiger partial charge on any atom is -0.497 e. The quantitative estimate of drug-likeness (QED) is 0.428. The molecule has 1 aliphatic rings. The molecule has 0 N–H and O–H groups in total. The number of hydrogen-bond donors (Lipinski definition) is 0. The van der Waals surface area contributed by atoms with E-state index < -0.39 is 18.3 Å². The van der Waals surface area contributed by atoms with Crippen molar-refractivity contribution < 1.29 is 23.5 Å². The van der Waals surface area contributed by atoms with Crippen LogP contribution in [0.4, 0.5) is 0 Å². The average molecular weight is 478 g/mol. The summed E-state index contributed by atoms with van der Waals surface area (Å²) in [4.78, 5) is 0. The van der Waals surface area contributed by atoms with E-state index in [1.54, 1.807) is 14.2 Å². The monoisotopic (exact) mass is 478 g/mol. The van der Waals surface area contributed by atoms with Gasteiger partial charge in [0.15, 0.2) is 0 Å². The van der Waals surface area contributed by atoms with Crippen molar-refractivity contribution in [2.45, 2.75) is 65.6 Å². The third-order valence-corrected chi connectivity index (χ3v) is 6.98. The van der Waals surface area contributed by atoms with Crippen LogP contribution in [0.1, 0.15) is 50.2 Å². The topological polar surface area (TPSA) is 64.0 Å². The zero-order chi connectivity index (χ0) is 25.2. The molecule has 0 bridgehead atoms. The molecule has 0 atom stereocenters. The van der Waals surface area contributed by atoms with Crippen molar-refractivity contribution in [3.05, 3.63) is 71.0 Å². The summed E-state index contributed by atoms with van der Waals surface area (Å²) in [6.07, 6.45) is 0. The Bertz CT molecular complexity index is 1120. The second-order valence-corrected chi connectivity index (χ2v) is 9.88. The molecule has 0 unspecified atom stereocenters. The first-order valence-corrected chi connectivity index (χ1v) is 11.9. The molecule has 1 saturated heterocycles. The van der Waals surface area contributed by atoms with Crippen LogP contribution in [-0.4, -0.2) is 42.3 Å². The van der Waals surface area contributed by atoms with Gasteiger partial charge in [0.1, 0.15) is 11.5 Å². The van der Waals surface area contributed by atoms with Crippen molar-refractivity contribution in [2.75, 3.05) is 14.2 Å². The zero-order valence-electron chi connectivity index (χ0n) is 21.8. The van der Waals surface area contributed by atoms with Crippen LogP contribution in [0, 0.1) is 6.92 Å². The predicted octanol–water partition coefficient (Wildman–Crippen LogP) is 4.27. The van der Waals surface area contributed by atoms with Crippen molar-refractivity contribution in [3.8, 4) is 11.5 Å². The summed E-state index contributed by atoms with van der Waals surface area (Å²) in [7, 11) is 2.82. The maximum Gasteiger partial charge on any atom is 0.498 e. The van der Waals surface area contributed by atoms with E-state index in [0.717, 1.165) is 39.5 Å². The van der Waals surface area contributed by atoms with Crippen LogP contribution in [0.15, 0.2) is 48.5 Å². The van der Waals surface area contributed by atoms with Gasteiger partial charge in [0.25, 0.3) is 0 Å². The largest absolute Gasteiger partial charge is 0.498 e. The number of benzene rings is 2. The van der Waals surface area contributed by atoms with Crippen LogP contribution in [0.25, 0.3) is 0 Å².